The molecule has 0 fully saturated rings. The fraction of sp³-hybridized carbons (Fsp3) is 0.917. The van der Waals surface area contributed by atoms with Crippen LogP contribution in [0.5, 0.6) is 0 Å². The first kappa shape index (κ1) is 19.5. The van der Waals surface area contributed by atoms with Gasteiger partial charge in [-0.05, 0) is 19.9 Å². The van der Waals surface area contributed by atoms with Crippen LogP contribution in [0.2, 0.25) is 0 Å². The molecule has 0 atom stereocenters. The molecule has 6 nitrogen and oxygen atoms in total. The average Bonchev–Trinajstić information content (AvgIpc) is 2.38. The minimum absolute atomic E-state index is 0.0747. The maximum absolute atomic E-state index is 10.9. The summed E-state index contributed by atoms with van der Waals surface area (Å²) in [5.41, 5.74) is 0. The topological polar surface area (TPSA) is 82.0 Å². The van der Waals surface area contributed by atoms with E-state index >= 15 is 0 Å². The van der Waals surface area contributed by atoms with Crippen molar-refractivity contribution in [1.82, 2.24) is 10.2 Å². The van der Waals surface area contributed by atoms with Crippen molar-refractivity contribution in [3.05, 3.63) is 0 Å². The normalized spacial score (nSPS) is 9.67. The van der Waals surface area contributed by atoms with Crippen LogP contribution in [0.3, 0.4) is 0 Å². The Morgan fingerprint density at radius 1 is 1.17 bits per heavy atom. The minimum atomic E-state index is -0.404. The van der Waals surface area contributed by atoms with Crippen molar-refractivity contribution >= 4 is 6.09 Å². The van der Waals surface area contributed by atoms with Gasteiger partial charge in [-0.3, -0.25) is 4.90 Å². The maximum Gasteiger partial charge on any atom is 0.407 e. The predicted octanol–water partition coefficient (Wildman–Crippen LogP) is 0.435. The van der Waals surface area contributed by atoms with Gasteiger partial charge >= 0.3 is 6.09 Å². The lowest BCUT2D eigenvalue weighted by atomic mass is 10.3. The standard InChI is InChI=1S/C10H22N2O4.C2H6/c1-2-16-10(15)11-4-3-5-12(6-8-13)7-9-14;1-2/h13-14H,2-9H2,1H3,(H,11,15);1-2H3. The third-order valence-corrected chi connectivity index (χ3v) is 2.03. The Hall–Kier alpha value is -0.850. The first-order chi connectivity index (χ1) is 8.74. The number of hydrogen-bond donors (Lipinski definition) is 3. The molecule has 0 aromatic carbocycles. The molecule has 0 radical (unpaired) electrons. The van der Waals surface area contributed by atoms with Crippen LogP contribution in [0, 0.1) is 0 Å². The summed E-state index contributed by atoms with van der Waals surface area (Å²) in [6.07, 6.45) is 0.358. The number of aliphatic hydroxyl groups excluding tert-OH is 2. The molecule has 0 aliphatic carbocycles. The summed E-state index contributed by atoms with van der Waals surface area (Å²) in [6.45, 7) is 8.62. The number of nitrogens with one attached hydrogen (secondary N) is 1. The van der Waals surface area contributed by atoms with Gasteiger partial charge in [-0.2, -0.15) is 0 Å². The SMILES string of the molecule is CC.CCOC(=O)NCCCN(CCO)CCO. The number of nitrogens with zero attached hydrogens (tertiary/aromatic N) is 1. The number of hydrogen-bond acceptors (Lipinski definition) is 5. The van der Waals surface area contributed by atoms with Crippen molar-refractivity contribution in [3.8, 4) is 0 Å². The van der Waals surface area contributed by atoms with Crippen molar-refractivity contribution in [3.63, 3.8) is 0 Å². The van der Waals surface area contributed by atoms with E-state index in [1.807, 2.05) is 18.7 Å². The third kappa shape index (κ3) is 13.2. The summed E-state index contributed by atoms with van der Waals surface area (Å²) in [5.74, 6) is 0. The van der Waals surface area contributed by atoms with Gasteiger partial charge in [0.15, 0.2) is 0 Å². The van der Waals surface area contributed by atoms with Crippen molar-refractivity contribution < 1.29 is 19.7 Å². The van der Waals surface area contributed by atoms with E-state index in [1.54, 1.807) is 6.92 Å². The van der Waals surface area contributed by atoms with Crippen LogP contribution < -0.4 is 5.32 Å². The number of amides is 1. The van der Waals surface area contributed by atoms with Crippen molar-refractivity contribution in [2.45, 2.75) is 27.2 Å². The van der Waals surface area contributed by atoms with E-state index in [2.05, 4.69) is 5.32 Å². The number of carbonyl (C=O) groups excluding carboxylic acids is 1. The Bertz CT molecular complexity index is 173. The smallest absolute Gasteiger partial charge is 0.407 e. The fourth-order valence-corrected chi connectivity index (χ4v) is 1.29. The van der Waals surface area contributed by atoms with E-state index in [0.717, 1.165) is 13.0 Å². The molecule has 0 saturated heterocycles. The van der Waals surface area contributed by atoms with Crippen LogP contribution in [0.1, 0.15) is 27.2 Å². The second kappa shape index (κ2) is 16.1. The Morgan fingerprint density at radius 3 is 2.17 bits per heavy atom. The van der Waals surface area contributed by atoms with E-state index in [0.29, 0.717) is 26.2 Å². The fourth-order valence-electron chi connectivity index (χ4n) is 1.29. The average molecular weight is 264 g/mol. The highest BCUT2D eigenvalue weighted by Gasteiger charge is 2.04. The highest BCUT2D eigenvalue weighted by molar-refractivity contribution is 5.66. The molecule has 0 bridgehead atoms. The predicted molar refractivity (Wildman–Crippen MR) is 71.6 cm³/mol. The van der Waals surface area contributed by atoms with E-state index in [1.165, 1.54) is 0 Å². The molecule has 0 unspecified atom stereocenters. The van der Waals surface area contributed by atoms with Gasteiger partial charge in [-0.1, -0.05) is 13.8 Å². The highest BCUT2D eigenvalue weighted by Crippen LogP contribution is 1.90. The molecule has 0 heterocycles. The Balaban J connectivity index is 0. The summed E-state index contributed by atoms with van der Waals surface area (Å²) in [7, 11) is 0. The molecule has 0 aliphatic heterocycles. The van der Waals surface area contributed by atoms with Crippen LogP contribution >= 0.6 is 0 Å². The van der Waals surface area contributed by atoms with E-state index in [9.17, 15) is 4.79 Å². The van der Waals surface area contributed by atoms with Crippen LogP contribution in [0.25, 0.3) is 0 Å². The van der Waals surface area contributed by atoms with E-state index < -0.39 is 6.09 Å². The summed E-state index contributed by atoms with van der Waals surface area (Å²) in [6, 6.07) is 0. The Kier molecular flexibility index (Phi) is 17.5. The lowest BCUT2D eigenvalue weighted by molar-refractivity contribution is 0.147. The third-order valence-electron chi connectivity index (χ3n) is 2.03. The molecule has 18 heavy (non-hydrogen) atoms. The molecule has 6 heteroatoms. The summed E-state index contributed by atoms with van der Waals surface area (Å²) >= 11 is 0. The lowest BCUT2D eigenvalue weighted by Crippen LogP contribution is -2.33. The zero-order chi connectivity index (χ0) is 14.2. The molecule has 110 valence electrons. The summed E-state index contributed by atoms with van der Waals surface area (Å²) in [5, 5.41) is 20.1. The molecule has 1 amide bonds. The number of aliphatic hydroxyl groups is 2. The highest BCUT2D eigenvalue weighted by atomic mass is 16.5. The molecule has 0 aliphatic rings. The quantitative estimate of drug-likeness (QED) is 0.526. The first-order valence-corrected chi connectivity index (χ1v) is 6.59. The zero-order valence-corrected chi connectivity index (χ0v) is 11.8. The van der Waals surface area contributed by atoms with Gasteiger partial charge in [-0.25, -0.2) is 4.79 Å². The van der Waals surface area contributed by atoms with Crippen LogP contribution in [-0.2, 0) is 4.74 Å². The number of carbonyl (C=O) groups is 1. The maximum atomic E-state index is 10.9. The molecule has 0 saturated carbocycles. The van der Waals surface area contributed by atoms with Gasteiger partial charge in [0.2, 0.25) is 0 Å². The first-order valence-electron chi connectivity index (χ1n) is 6.59. The van der Waals surface area contributed by atoms with Crippen LogP contribution in [-0.4, -0.2) is 67.2 Å². The lowest BCUT2D eigenvalue weighted by Gasteiger charge is -2.19. The molecular formula is C12H28N2O4. The van der Waals surface area contributed by atoms with Gasteiger partial charge in [0.1, 0.15) is 0 Å². The summed E-state index contributed by atoms with van der Waals surface area (Å²) in [4.78, 5) is 12.8. The van der Waals surface area contributed by atoms with Crippen LogP contribution in [0.15, 0.2) is 0 Å². The van der Waals surface area contributed by atoms with Gasteiger partial charge in [0.25, 0.3) is 0 Å². The number of rotatable bonds is 9. The second-order valence-corrected chi connectivity index (χ2v) is 3.29. The molecule has 0 aromatic heterocycles. The number of ether oxygens (including phenoxy) is 1. The van der Waals surface area contributed by atoms with Gasteiger partial charge in [-0.15, -0.1) is 0 Å². The minimum Gasteiger partial charge on any atom is -0.450 e. The van der Waals surface area contributed by atoms with Crippen molar-refractivity contribution in [2.75, 3.05) is 46.0 Å². The summed E-state index contributed by atoms with van der Waals surface area (Å²) < 4.78 is 4.70. The molecule has 0 spiro atoms. The molecule has 0 aromatic rings. The zero-order valence-electron chi connectivity index (χ0n) is 11.8. The Labute approximate surface area is 110 Å². The second-order valence-electron chi connectivity index (χ2n) is 3.29. The van der Waals surface area contributed by atoms with Gasteiger partial charge in [0, 0.05) is 19.6 Å². The number of alkyl carbamates (subject to hydrolysis) is 1. The van der Waals surface area contributed by atoms with E-state index in [-0.39, 0.29) is 13.2 Å². The van der Waals surface area contributed by atoms with Gasteiger partial charge in [0.05, 0.1) is 19.8 Å². The monoisotopic (exact) mass is 264 g/mol. The molecule has 3 N–H and O–H groups in total. The largest absolute Gasteiger partial charge is 0.450 e. The van der Waals surface area contributed by atoms with Crippen LogP contribution in [0.4, 0.5) is 4.79 Å². The molecule has 0 rings (SSSR count). The Morgan fingerprint density at radius 2 is 1.72 bits per heavy atom. The van der Waals surface area contributed by atoms with Gasteiger partial charge < -0.3 is 20.3 Å². The van der Waals surface area contributed by atoms with Crippen molar-refractivity contribution in [2.24, 2.45) is 0 Å². The van der Waals surface area contributed by atoms with E-state index in [4.69, 9.17) is 14.9 Å². The van der Waals surface area contributed by atoms with Crippen molar-refractivity contribution in [1.29, 1.82) is 0 Å². The molecular weight excluding hydrogens is 236 g/mol.